The van der Waals surface area contributed by atoms with Crippen LogP contribution in [-0.2, 0) is 0 Å². The van der Waals surface area contributed by atoms with Gasteiger partial charge in [0.1, 0.15) is 5.02 Å². The molecule has 11 heteroatoms. The topological polar surface area (TPSA) is 85.6 Å². The van der Waals surface area contributed by atoms with E-state index in [1.807, 2.05) is 0 Å². The summed E-state index contributed by atoms with van der Waals surface area (Å²) in [6, 6.07) is 6.47. The molecule has 0 aliphatic carbocycles. The molecule has 7 nitrogen and oxygen atoms in total. The second-order valence-corrected chi connectivity index (χ2v) is 6.27. The molecule has 28 heavy (non-hydrogen) atoms. The number of carbonyl (C=O) groups is 1. The van der Waals surface area contributed by atoms with Gasteiger partial charge in [0, 0.05) is 25.4 Å². The first kappa shape index (κ1) is 21.4. The third-order valence-corrected chi connectivity index (χ3v) is 4.16. The number of non-ortho nitro benzene ring substituents is 1. The van der Waals surface area contributed by atoms with Crippen LogP contribution >= 0.6 is 11.6 Å². The van der Waals surface area contributed by atoms with Gasteiger partial charge in [-0.15, -0.1) is 0 Å². The van der Waals surface area contributed by atoms with Crippen LogP contribution in [0, 0.1) is 10.1 Å². The Morgan fingerprint density at radius 2 is 2.07 bits per heavy atom. The number of halogens is 4. The number of hydrogen-bond donors (Lipinski definition) is 0. The van der Waals surface area contributed by atoms with E-state index in [1.54, 1.807) is 13.0 Å². The van der Waals surface area contributed by atoms with Crippen molar-refractivity contribution in [1.29, 1.82) is 0 Å². The highest BCUT2D eigenvalue weighted by molar-refractivity contribution is 6.32. The van der Waals surface area contributed by atoms with Crippen molar-refractivity contribution in [3.8, 4) is 5.88 Å². The lowest BCUT2D eigenvalue weighted by molar-refractivity contribution is -0.384. The molecule has 1 aromatic heterocycles. The molecule has 0 bridgehead atoms. The van der Waals surface area contributed by atoms with Gasteiger partial charge in [0.15, 0.2) is 6.61 Å². The number of rotatable bonds is 6. The van der Waals surface area contributed by atoms with Crippen molar-refractivity contribution in [2.45, 2.75) is 19.1 Å². The minimum atomic E-state index is -4.55. The summed E-state index contributed by atoms with van der Waals surface area (Å²) in [6.45, 7) is 0.115. The second kappa shape index (κ2) is 8.42. The normalized spacial score (nSPS) is 12.4. The van der Waals surface area contributed by atoms with E-state index in [1.165, 1.54) is 30.1 Å². The summed E-state index contributed by atoms with van der Waals surface area (Å²) in [5, 5.41) is 10.7. The molecule has 0 aliphatic rings. The van der Waals surface area contributed by atoms with Crippen LogP contribution in [0.2, 0.25) is 5.02 Å². The molecule has 1 heterocycles. The standard InChI is InChI=1S/C17H15ClF3N3O4/c1-10(11-4-3-5-13(6-11)24(26)27)23(2)16(25)12-7-14(18)15(22-8-12)28-9-17(19,20)21/h3-8,10H,9H2,1-2H3. The molecule has 0 N–H and O–H groups in total. The highest BCUT2D eigenvalue weighted by Gasteiger charge is 2.29. The summed E-state index contributed by atoms with van der Waals surface area (Å²) >= 11 is 5.86. The quantitative estimate of drug-likeness (QED) is 0.513. The van der Waals surface area contributed by atoms with Crippen molar-refractivity contribution in [3.05, 3.63) is 62.8 Å². The molecular weight excluding hydrogens is 403 g/mol. The maximum Gasteiger partial charge on any atom is 0.422 e. The monoisotopic (exact) mass is 417 g/mol. The molecular formula is C17H15ClF3N3O4. The number of nitro benzene ring substituents is 1. The average Bonchev–Trinajstić information content (AvgIpc) is 2.64. The van der Waals surface area contributed by atoms with Gasteiger partial charge < -0.3 is 9.64 Å². The fourth-order valence-corrected chi connectivity index (χ4v) is 2.52. The Morgan fingerprint density at radius 1 is 1.39 bits per heavy atom. The van der Waals surface area contributed by atoms with E-state index in [4.69, 9.17) is 11.6 Å². The van der Waals surface area contributed by atoms with E-state index in [2.05, 4.69) is 9.72 Å². The molecule has 0 saturated carbocycles. The summed E-state index contributed by atoms with van der Waals surface area (Å²) in [5.41, 5.74) is 0.458. The third kappa shape index (κ3) is 5.32. The molecule has 0 fully saturated rings. The second-order valence-electron chi connectivity index (χ2n) is 5.86. The summed E-state index contributed by atoms with van der Waals surface area (Å²) in [6.07, 6.45) is -3.50. The van der Waals surface area contributed by atoms with Crippen LogP contribution in [0.3, 0.4) is 0 Å². The number of hydrogen-bond acceptors (Lipinski definition) is 5. The number of amides is 1. The molecule has 0 aliphatic heterocycles. The van der Waals surface area contributed by atoms with Gasteiger partial charge in [-0.3, -0.25) is 14.9 Å². The molecule has 1 atom stereocenters. The van der Waals surface area contributed by atoms with E-state index in [0.717, 1.165) is 12.3 Å². The smallest absolute Gasteiger partial charge is 0.422 e. The number of benzene rings is 1. The minimum Gasteiger partial charge on any atom is -0.467 e. The van der Waals surface area contributed by atoms with E-state index in [-0.39, 0.29) is 16.3 Å². The molecule has 2 rings (SSSR count). The zero-order valence-corrected chi connectivity index (χ0v) is 15.5. The summed E-state index contributed by atoms with van der Waals surface area (Å²) in [5.74, 6) is -0.958. The van der Waals surface area contributed by atoms with E-state index >= 15 is 0 Å². The van der Waals surface area contributed by atoms with Crippen LogP contribution < -0.4 is 4.74 Å². The Balaban J connectivity index is 2.17. The van der Waals surface area contributed by atoms with Gasteiger partial charge in [-0.05, 0) is 18.6 Å². The average molecular weight is 418 g/mol. The van der Waals surface area contributed by atoms with Gasteiger partial charge in [0.05, 0.1) is 16.5 Å². The molecule has 1 amide bonds. The maximum absolute atomic E-state index is 12.6. The van der Waals surface area contributed by atoms with Crippen molar-refractivity contribution < 1.29 is 27.6 Å². The number of alkyl halides is 3. The van der Waals surface area contributed by atoms with Gasteiger partial charge in [-0.2, -0.15) is 13.2 Å². The van der Waals surface area contributed by atoms with Crippen molar-refractivity contribution in [2.75, 3.05) is 13.7 Å². The molecule has 0 spiro atoms. The zero-order valence-electron chi connectivity index (χ0n) is 14.7. The molecule has 0 saturated heterocycles. The molecule has 2 aromatic rings. The van der Waals surface area contributed by atoms with Gasteiger partial charge in [-0.25, -0.2) is 4.98 Å². The molecule has 150 valence electrons. The fourth-order valence-electron chi connectivity index (χ4n) is 2.30. The maximum atomic E-state index is 12.6. The van der Waals surface area contributed by atoms with Crippen LogP contribution in [-0.4, -0.2) is 40.5 Å². The largest absolute Gasteiger partial charge is 0.467 e. The Bertz CT molecular complexity index is 892. The predicted octanol–water partition coefficient (Wildman–Crippen LogP) is 4.42. The highest BCUT2D eigenvalue weighted by atomic mass is 35.5. The lowest BCUT2D eigenvalue weighted by Crippen LogP contribution is -2.29. The first-order valence-corrected chi connectivity index (χ1v) is 8.24. The summed E-state index contributed by atoms with van der Waals surface area (Å²) in [4.78, 5) is 28.0. The van der Waals surface area contributed by atoms with Crippen LogP contribution in [0.1, 0.15) is 28.9 Å². The number of carbonyl (C=O) groups excluding carboxylic acids is 1. The minimum absolute atomic E-state index is 0.0316. The third-order valence-electron chi connectivity index (χ3n) is 3.89. The lowest BCUT2D eigenvalue weighted by Gasteiger charge is -2.25. The van der Waals surface area contributed by atoms with Crippen molar-refractivity contribution >= 4 is 23.2 Å². The Kier molecular flexibility index (Phi) is 6.45. The number of nitro groups is 1. The Hall–Kier alpha value is -2.88. The van der Waals surface area contributed by atoms with Crippen molar-refractivity contribution in [1.82, 2.24) is 9.88 Å². The Morgan fingerprint density at radius 3 is 2.64 bits per heavy atom. The lowest BCUT2D eigenvalue weighted by atomic mass is 10.1. The number of pyridine rings is 1. The van der Waals surface area contributed by atoms with E-state index < -0.39 is 35.5 Å². The van der Waals surface area contributed by atoms with Gasteiger partial charge in [0.25, 0.3) is 11.6 Å². The molecule has 1 aromatic carbocycles. The first-order valence-electron chi connectivity index (χ1n) is 7.86. The highest BCUT2D eigenvalue weighted by Crippen LogP contribution is 2.28. The SMILES string of the molecule is CC(c1cccc([N+](=O)[O-])c1)N(C)C(=O)c1cnc(OCC(F)(F)F)c(Cl)c1. The van der Waals surface area contributed by atoms with Crippen LogP contribution in [0.5, 0.6) is 5.88 Å². The van der Waals surface area contributed by atoms with Gasteiger partial charge in [0.2, 0.25) is 5.88 Å². The fraction of sp³-hybridized carbons (Fsp3) is 0.294. The van der Waals surface area contributed by atoms with Crippen LogP contribution in [0.15, 0.2) is 36.5 Å². The summed E-state index contributed by atoms with van der Waals surface area (Å²) < 4.78 is 41.1. The molecule has 1 unspecified atom stereocenters. The van der Waals surface area contributed by atoms with Gasteiger partial charge in [-0.1, -0.05) is 23.7 Å². The van der Waals surface area contributed by atoms with Crippen molar-refractivity contribution in [2.24, 2.45) is 0 Å². The molecule has 0 radical (unpaired) electrons. The predicted molar refractivity (Wildman–Crippen MR) is 94.4 cm³/mol. The number of nitrogens with zero attached hydrogens (tertiary/aromatic N) is 3. The van der Waals surface area contributed by atoms with Crippen LogP contribution in [0.4, 0.5) is 18.9 Å². The Labute approximate surface area is 162 Å². The van der Waals surface area contributed by atoms with Crippen molar-refractivity contribution in [3.63, 3.8) is 0 Å². The zero-order chi connectivity index (χ0) is 21.1. The van der Waals surface area contributed by atoms with Crippen LogP contribution in [0.25, 0.3) is 0 Å². The van der Waals surface area contributed by atoms with E-state index in [0.29, 0.717) is 5.56 Å². The summed E-state index contributed by atoms with van der Waals surface area (Å²) in [7, 11) is 1.48. The van der Waals surface area contributed by atoms with E-state index in [9.17, 15) is 28.1 Å². The first-order chi connectivity index (χ1) is 13.0. The van der Waals surface area contributed by atoms with Gasteiger partial charge >= 0.3 is 6.18 Å². The number of ether oxygens (including phenoxy) is 1. The number of aromatic nitrogens is 1.